The second-order valence-electron chi connectivity index (χ2n) is 4.19. The van der Waals surface area contributed by atoms with Gasteiger partial charge in [-0.3, -0.25) is 4.79 Å². The normalized spacial score (nSPS) is 12.3. The molecule has 0 aliphatic rings. The highest BCUT2D eigenvalue weighted by Crippen LogP contribution is 2.19. The Morgan fingerprint density at radius 2 is 2.17 bits per heavy atom. The zero-order valence-electron chi connectivity index (χ0n) is 10.7. The van der Waals surface area contributed by atoms with E-state index < -0.39 is 6.04 Å². The van der Waals surface area contributed by atoms with E-state index in [1.165, 1.54) is 18.0 Å². The molecule has 0 spiro atoms. The number of rotatable bonds is 4. The molecule has 0 bridgehead atoms. The number of anilines is 1. The SMILES string of the molecule is COC(=O)C(Nc1cnn(C)c(=O)c1Br)C(C)C. The van der Waals surface area contributed by atoms with Gasteiger partial charge < -0.3 is 10.1 Å². The zero-order valence-corrected chi connectivity index (χ0v) is 12.3. The molecule has 0 aliphatic heterocycles. The summed E-state index contributed by atoms with van der Waals surface area (Å²) in [6.07, 6.45) is 1.49. The van der Waals surface area contributed by atoms with E-state index in [9.17, 15) is 9.59 Å². The number of hydrogen-bond acceptors (Lipinski definition) is 5. The third-order valence-corrected chi connectivity index (χ3v) is 3.28. The molecule has 1 N–H and O–H groups in total. The summed E-state index contributed by atoms with van der Waals surface area (Å²) in [4.78, 5) is 23.3. The Hall–Kier alpha value is -1.37. The number of aryl methyl sites for hydroxylation is 1. The second-order valence-corrected chi connectivity index (χ2v) is 4.98. The predicted molar refractivity (Wildman–Crippen MR) is 71.4 cm³/mol. The average Bonchev–Trinajstić information content (AvgIpc) is 2.34. The van der Waals surface area contributed by atoms with Gasteiger partial charge in [-0.15, -0.1) is 0 Å². The minimum atomic E-state index is -0.528. The number of carbonyl (C=O) groups is 1. The molecule has 0 aromatic carbocycles. The van der Waals surface area contributed by atoms with E-state index in [2.05, 4.69) is 26.3 Å². The van der Waals surface area contributed by atoms with Gasteiger partial charge in [-0.2, -0.15) is 5.10 Å². The first-order valence-corrected chi connectivity index (χ1v) is 6.24. The van der Waals surface area contributed by atoms with E-state index in [1.54, 1.807) is 7.05 Å². The van der Waals surface area contributed by atoms with E-state index in [4.69, 9.17) is 4.74 Å². The fraction of sp³-hybridized carbons (Fsp3) is 0.545. The minimum absolute atomic E-state index is 0.0217. The van der Waals surface area contributed by atoms with E-state index in [-0.39, 0.29) is 17.4 Å². The smallest absolute Gasteiger partial charge is 0.328 e. The van der Waals surface area contributed by atoms with Gasteiger partial charge in [0.05, 0.1) is 19.0 Å². The summed E-state index contributed by atoms with van der Waals surface area (Å²) in [5, 5.41) is 6.86. The maximum Gasteiger partial charge on any atom is 0.328 e. The van der Waals surface area contributed by atoms with Crippen molar-refractivity contribution in [1.29, 1.82) is 0 Å². The molecular formula is C11H16BrN3O3. The Morgan fingerprint density at radius 1 is 1.56 bits per heavy atom. The molecule has 1 heterocycles. The molecule has 0 fully saturated rings. The lowest BCUT2D eigenvalue weighted by Crippen LogP contribution is -2.36. The van der Waals surface area contributed by atoms with Gasteiger partial charge >= 0.3 is 5.97 Å². The number of esters is 1. The number of halogens is 1. The molecule has 18 heavy (non-hydrogen) atoms. The van der Waals surface area contributed by atoms with Crippen molar-refractivity contribution in [2.45, 2.75) is 19.9 Å². The summed E-state index contributed by atoms with van der Waals surface area (Å²) in [6.45, 7) is 3.77. The Morgan fingerprint density at radius 3 is 2.67 bits per heavy atom. The van der Waals surface area contributed by atoms with Crippen LogP contribution in [0, 0.1) is 5.92 Å². The predicted octanol–water partition coefficient (Wildman–Crippen LogP) is 1.15. The number of carbonyl (C=O) groups excluding carboxylic acids is 1. The maximum atomic E-state index is 11.7. The minimum Gasteiger partial charge on any atom is -0.467 e. The molecule has 0 radical (unpaired) electrons. The molecule has 0 saturated carbocycles. The summed E-state index contributed by atoms with van der Waals surface area (Å²) in [6, 6.07) is -0.528. The molecule has 7 heteroatoms. The van der Waals surface area contributed by atoms with Gasteiger partial charge in [-0.05, 0) is 21.8 Å². The highest BCUT2D eigenvalue weighted by molar-refractivity contribution is 9.10. The molecule has 0 aliphatic carbocycles. The zero-order chi connectivity index (χ0) is 13.9. The van der Waals surface area contributed by atoms with Crippen molar-refractivity contribution in [3.8, 4) is 0 Å². The van der Waals surface area contributed by atoms with Crippen molar-refractivity contribution < 1.29 is 9.53 Å². The topological polar surface area (TPSA) is 73.2 Å². The third-order valence-electron chi connectivity index (χ3n) is 2.51. The molecule has 1 atom stereocenters. The first-order chi connectivity index (χ1) is 8.38. The van der Waals surface area contributed by atoms with Crippen molar-refractivity contribution in [2.24, 2.45) is 13.0 Å². The molecule has 1 rings (SSSR count). The maximum absolute atomic E-state index is 11.7. The highest BCUT2D eigenvalue weighted by atomic mass is 79.9. The largest absolute Gasteiger partial charge is 0.467 e. The highest BCUT2D eigenvalue weighted by Gasteiger charge is 2.24. The second kappa shape index (κ2) is 5.99. The van der Waals surface area contributed by atoms with Crippen LogP contribution in [0.2, 0.25) is 0 Å². The van der Waals surface area contributed by atoms with Crippen LogP contribution in [-0.4, -0.2) is 28.9 Å². The number of nitrogens with one attached hydrogen (secondary N) is 1. The van der Waals surface area contributed by atoms with Crippen LogP contribution in [0.15, 0.2) is 15.5 Å². The van der Waals surface area contributed by atoms with Gasteiger partial charge in [-0.25, -0.2) is 9.48 Å². The lowest BCUT2D eigenvalue weighted by Gasteiger charge is -2.21. The standard InChI is InChI=1S/C11H16BrN3O3/c1-6(2)9(11(17)18-4)14-7-5-13-15(3)10(16)8(7)12/h5-6,9,14H,1-4H3. The molecule has 0 saturated heterocycles. The Kier molecular flexibility index (Phi) is 4.89. The van der Waals surface area contributed by atoms with Crippen LogP contribution in [-0.2, 0) is 16.6 Å². The van der Waals surface area contributed by atoms with Crippen LogP contribution in [0.1, 0.15) is 13.8 Å². The van der Waals surface area contributed by atoms with Crippen LogP contribution in [0.4, 0.5) is 5.69 Å². The summed E-state index contributed by atoms with van der Waals surface area (Å²) in [5.41, 5.74) is 0.203. The van der Waals surface area contributed by atoms with Gasteiger partial charge in [0.25, 0.3) is 5.56 Å². The molecular weight excluding hydrogens is 302 g/mol. The van der Waals surface area contributed by atoms with Crippen LogP contribution in [0.5, 0.6) is 0 Å². The monoisotopic (exact) mass is 317 g/mol. The average molecular weight is 318 g/mol. The fourth-order valence-electron chi connectivity index (χ4n) is 1.40. The van der Waals surface area contributed by atoms with Crippen molar-refractivity contribution in [3.63, 3.8) is 0 Å². The molecule has 1 aromatic rings. The van der Waals surface area contributed by atoms with Gasteiger partial charge in [0.1, 0.15) is 10.5 Å². The Labute approximate surface area is 113 Å². The van der Waals surface area contributed by atoms with Crippen molar-refractivity contribution in [2.75, 3.05) is 12.4 Å². The first-order valence-electron chi connectivity index (χ1n) is 5.44. The number of ether oxygens (including phenoxy) is 1. The molecule has 0 amide bonds. The first kappa shape index (κ1) is 14.7. The van der Waals surface area contributed by atoms with Crippen molar-refractivity contribution in [1.82, 2.24) is 9.78 Å². The molecule has 6 nitrogen and oxygen atoms in total. The molecule has 1 aromatic heterocycles. The van der Waals surface area contributed by atoms with Gasteiger partial charge in [0, 0.05) is 7.05 Å². The summed E-state index contributed by atoms with van der Waals surface area (Å²) < 4.78 is 6.27. The third kappa shape index (κ3) is 3.10. The summed E-state index contributed by atoms with van der Waals surface area (Å²) >= 11 is 3.19. The van der Waals surface area contributed by atoms with E-state index >= 15 is 0 Å². The number of methoxy groups -OCH3 is 1. The number of nitrogens with zero attached hydrogens (tertiary/aromatic N) is 2. The molecule has 1 unspecified atom stereocenters. The van der Waals surface area contributed by atoms with Crippen molar-refractivity contribution >= 4 is 27.6 Å². The van der Waals surface area contributed by atoms with Crippen LogP contribution in [0.25, 0.3) is 0 Å². The quantitative estimate of drug-likeness (QED) is 0.843. The van der Waals surface area contributed by atoms with E-state index in [0.717, 1.165) is 0 Å². The van der Waals surface area contributed by atoms with Crippen LogP contribution in [0.3, 0.4) is 0 Å². The Bertz CT molecular complexity index is 499. The lowest BCUT2D eigenvalue weighted by atomic mass is 10.0. The number of hydrogen-bond donors (Lipinski definition) is 1. The van der Waals surface area contributed by atoms with Gasteiger partial charge in [0.2, 0.25) is 0 Å². The summed E-state index contributed by atoms with van der Waals surface area (Å²) in [5.74, 6) is -0.356. The fourth-order valence-corrected chi connectivity index (χ4v) is 1.88. The summed E-state index contributed by atoms with van der Waals surface area (Å²) in [7, 11) is 2.88. The van der Waals surface area contributed by atoms with Crippen LogP contribution >= 0.6 is 15.9 Å². The van der Waals surface area contributed by atoms with Crippen LogP contribution < -0.4 is 10.9 Å². The molecule has 100 valence electrons. The van der Waals surface area contributed by atoms with E-state index in [1.807, 2.05) is 13.8 Å². The lowest BCUT2D eigenvalue weighted by molar-refractivity contribution is -0.142. The van der Waals surface area contributed by atoms with Crippen molar-refractivity contribution in [3.05, 3.63) is 21.0 Å². The van der Waals surface area contributed by atoms with Gasteiger partial charge in [-0.1, -0.05) is 13.8 Å². The Balaban J connectivity index is 3.06. The van der Waals surface area contributed by atoms with Gasteiger partial charge in [0.15, 0.2) is 0 Å². The number of aromatic nitrogens is 2. The van der Waals surface area contributed by atoms with E-state index in [0.29, 0.717) is 10.2 Å².